The molecule has 0 saturated heterocycles. The standard InChI is InChI=1S/C20H17F2N3O4S/c21-19(22)29-16-4-2-1-3-14(16)15-11-30-20(24-15)25-18(27)10-28-13-7-5-12(6-8-13)9-17(23)26/h1-8,11,19H,9-10H2,(H2,23,26)(H,24,25,27). The van der Waals surface area contributed by atoms with Gasteiger partial charge in [0, 0.05) is 10.9 Å². The molecule has 7 nitrogen and oxygen atoms in total. The Hall–Kier alpha value is -3.53. The van der Waals surface area contributed by atoms with Crippen LogP contribution in [0.4, 0.5) is 13.9 Å². The second-order valence-electron chi connectivity index (χ2n) is 6.04. The van der Waals surface area contributed by atoms with Crippen molar-refractivity contribution in [2.24, 2.45) is 5.73 Å². The van der Waals surface area contributed by atoms with Crippen molar-refractivity contribution in [2.45, 2.75) is 13.0 Å². The Morgan fingerprint density at radius 2 is 1.87 bits per heavy atom. The lowest BCUT2D eigenvalue weighted by atomic mass is 10.1. The lowest BCUT2D eigenvalue weighted by Gasteiger charge is -2.08. The topological polar surface area (TPSA) is 104 Å². The first kappa shape index (κ1) is 21.2. The van der Waals surface area contributed by atoms with Crippen LogP contribution >= 0.6 is 11.3 Å². The number of nitrogens with one attached hydrogen (secondary N) is 1. The van der Waals surface area contributed by atoms with Crippen molar-refractivity contribution in [1.82, 2.24) is 4.98 Å². The fourth-order valence-corrected chi connectivity index (χ4v) is 3.27. The van der Waals surface area contributed by atoms with Crippen molar-refractivity contribution >= 4 is 28.3 Å². The van der Waals surface area contributed by atoms with Crippen LogP contribution in [0.25, 0.3) is 11.3 Å². The number of carbonyl (C=O) groups is 2. The number of thiazole rings is 1. The zero-order chi connectivity index (χ0) is 21.5. The Kier molecular flexibility index (Phi) is 6.91. The minimum absolute atomic E-state index is 0.00112. The minimum Gasteiger partial charge on any atom is -0.484 e. The van der Waals surface area contributed by atoms with E-state index in [1.807, 2.05) is 0 Å². The van der Waals surface area contributed by atoms with Crippen LogP contribution in [0, 0.1) is 0 Å². The van der Waals surface area contributed by atoms with Gasteiger partial charge < -0.3 is 15.2 Å². The summed E-state index contributed by atoms with van der Waals surface area (Å²) in [6.07, 6.45) is 0.124. The SMILES string of the molecule is NC(=O)Cc1ccc(OCC(=O)Nc2nc(-c3ccccc3OC(F)F)cs2)cc1. The van der Waals surface area contributed by atoms with Gasteiger partial charge in [-0.2, -0.15) is 8.78 Å². The molecule has 0 fully saturated rings. The van der Waals surface area contributed by atoms with Gasteiger partial charge in [-0.1, -0.05) is 24.3 Å². The molecule has 10 heteroatoms. The molecule has 1 aromatic heterocycles. The second kappa shape index (κ2) is 9.79. The summed E-state index contributed by atoms with van der Waals surface area (Å²) in [5.41, 5.74) is 6.67. The predicted molar refractivity (Wildman–Crippen MR) is 108 cm³/mol. The maximum absolute atomic E-state index is 12.6. The molecule has 3 N–H and O–H groups in total. The van der Waals surface area contributed by atoms with E-state index in [0.717, 1.165) is 16.9 Å². The first-order valence-corrected chi connectivity index (χ1v) is 9.58. The summed E-state index contributed by atoms with van der Waals surface area (Å²) in [5.74, 6) is -0.418. The molecule has 2 aromatic carbocycles. The molecule has 0 unspecified atom stereocenters. The molecule has 0 atom stereocenters. The molecule has 0 saturated carbocycles. The lowest BCUT2D eigenvalue weighted by Crippen LogP contribution is -2.20. The summed E-state index contributed by atoms with van der Waals surface area (Å²) < 4.78 is 35.0. The maximum Gasteiger partial charge on any atom is 0.387 e. The van der Waals surface area contributed by atoms with Gasteiger partial charge >= 0.3 is 6.61 Å². The number of nitrogens with zero attached hydrogens (tertiary/aromatic N) is 1. The number of hydrogen-bond donors (Lipinski definition) is 2. The number of halogens is 2. The van der Waals surface area contributed by atoms with Gasteiger partial charge in [0.05, 0.1) is 12.1 Å². The molecule has 1 heterocycles. The molecule has 30 heavy (non-hydrogen) atoms. The molecule has 156 valence electrons. The van der Waals surface area contributed by atoms with Gasteiger partial charge in [-0.3, -0.25) is 14.9 Å². The number of alkyl halides is 2. The quantitative estimate of drug-likeness (QED) is 0.538. The summed E-state index contributed by atoms with van der Waals surface area (Å²) in [7, 11) is 0. The number of amides is 2. The van der Waals surface area contributed by atoms with Gasteiger partial charge in [0.1, 0.15) is 11.5 Å². The molecule has 0 radical (unpaired) electrons. The third-order valence-corrected chi connectivity index (χ3v) is 4.56. The number of ether oxygens (including phenoxy) is 2. The van der Waals surface area contributed by atoms with Crippen LogP contribution in [0.3, 0.4) is 0 Å². The number of primary amides is 1. The number of aromatic nitrogens is 1. The van der Waals surface area contributed by atoms with E-state index in [1.165, 1.54) is 6.07 Å². The Labute approximate surface area is 174 Å². The summed E-state index contributed by atoms with van der Waals surface area (Å²) in [6.45, 7) is -3.21. The van der Waals surface area contributed by atoms with Crippen LogP contribution in [0.5, 0.6) is 11.5 Å². The van der Waals surface area contributed by atoms with Crippen LogP contribution in [0.1, 0.15) is 5.56 Å². The van der Waals surface area contributed by atoms with E-state index >= 15 is 0 Å². The predicted octanol–water partition coefficient (Wildman–Crippen LogP) is 3.46. The van der Waals surface area contributed by atoms with Crippen LogP contribution in [0.2, 0.25) is 0 Å². The maximum atomic E-state index is 12.6. The number of para-hydroxylation sites is 1. The number of anilines is 1. The molecule has 0 aliphatic carbocycles. The second-order valence-corrected chi connectivity index (χ2v) is 6.89. The van der Waals surface area contributed by atoms with E-state index in [0.29, 0.717) is 22.1 Å². The van der Waals surface area contributed by atoms with E-state index < -0.39 is 18.4 Å². The van der Waals surface area contributed by atoms with E-state index in [4.69, 9.17) is 10.5 Å². The third-order valence-electron chi connectivity index (χ3n) is 3.80. The Morgan fingerprint density at radius 1 is 1.13 bits per heavy atom. The highest BCUT2D eigenvalue weighted by molar-refractivity contribution is 7.14. The summed E-state index contributed by atoms with van der Waals surface area (Å²) in [5, 5.41) is 4.51. The van der Waals surface area contributed by atoms with Crippen molar-refractivity contribution in [1.29, 1.82) is 0 Å². The lowest BCUT2D eigenvalue weighted by molar-refractivity contribution is -0.118. The number of rotatable bonds is 9. The molecular formula is C20H17F2N3O4S. The van der Waals surface area contributed by atoms with Crippen molar-refractivity contribution in [3.05, 3.63) is 59.5 Å². The molecule has 0 bridgehead atoms. The zero-order valence-corrected chi connectivity index (χ0v) is 16.3. The normalized spacial score (nSPS) is 10.6. The Bertz CT molecular complexity index is 1020. The molecule has 0 aliphatic rings. The van der Waals surface area contributed by atoms with Crippen molar-refractivity contribution < 1.29 is 27.8 Å². The fraction of sp³-hybridized carbons (Fsp3) is 0.150. The summed E-state index contributed by atoms with van der Waals surface area (Å²) in [4.78, 5) is 27.2. The van der Waals surface area contributed by atoms with Gasteiger partial charge in [-0.25, -0.2) is 4.98 Å². The summed E-state index contributed by atoms with van der Waals surface area (Å²) >= 11 is 1.14. The van der Waals surface area contributed by atoms with E-state index in [-0.39, 0.29) is 18.8 Å². The molecule has 3 rings (SSSR count). The first-order chi connectivity index (χ1) is 14.4. The Balaban J connectivity index is 1.57. The number of carbonyl (C=O) groups excluding carboxylic acids is 2. The van der Waals surface area contributed by atoms with Crippen LogP contribution in [0.15, 0.2) is 53.9 Å². The highest BCUT2D eigenvalue weighted by atomic mass is 32.1. The average molecular weight is 433 g/mol. The molecule has 0 spiro atoms. The van der Waals surface area contributed by atoms with E-state index in [9.17, 15) is 18.4 Å². The van der Waals surface area contributed by atoms with E-state index in [2.05, 4.69) is 15.0 Å². The average Bonchev–Trinajstić information content (AvgIpc) is 3.15. The van der Waals surface area contributed by atoms with Gasteiger partial charge in [-0.05, 0) is 29.8 Å². The largest absolute Gasteiger partial charge is 0.484 e. The van der Waals surface area contributed by atoms with Crippen LogP contribution in [-0.4, -0.2) is 30.0 Å². The molecular weight excluding hydrogens is 416 g/mol. The highest BCUT2D eigenvalue weighted by Gasteiger charge is 2.14. The number of benzene rings is 2. The van der Waals surface area contributed by atoms with Gasteiger partial charge in [0.25, 0.3) is 5.91 Å². The van der Waals surface area contributed by atoms with Crippen molar-refractivity contribution in [3.8, 4) is 22.8 Å². The third kappa shape index (κ3) is 5.98. The minimum atomic E-state index is -2.95. The highest BCUT2D eigenvalue weighted by Crippen LogP contribution is 2.33. The van der Waals surface area contributed by atoms with Crippen LogP contribution < -0.4 is 20.5 Å². The Morgan fingerprint density at radius 3 is 2.57 bits per heavy atom. The molecule has 2 amide bonds. The van der Waals surface area contributed by atoms with Gasteiger partial charge in [0.15, 0.2) is 11.7 Å². The first-order valence-electron chi connectivity index (χ1n) is 8.70. The van der Waals surface area contributed by atoms with Gasteiger partial charge in [-0.15, -0.1) is 11.3 Å². The smallest absolute Gasteiger partial charge is 0.387 e. The van der Waals surface area contributed by atoms with Crippen molar-refractivity contribution in [3.63, 3.8) is 0 Å². The number of hydrogen-bond acceptors (Lipinski definition) is 6. The van der Waals surface area contributed by atoms with Crippen molar-refractivity contribution in [2.75, 3.05) is 11.9 Å². The van der Waals surface area contributed by atoms with Crippen LogP contribution in [-0.2, 0) is 16.0 Å². The van der Waals surface area contributed by atoms with Gasteiger partial charge in [0.2, 0.25) is 5.91 Å². The summed E-state index contributed by atoms with van der Waals surface area (Å²) in [6, 6.07) is 12.9. The van der Waals surface area contributed by atoms with E-state index in [1.54, 1.807) is 47.8 Å². The number of nitrogens with two attached hydrogens (primary N) is 1. The molecule has 0 aliphatic heterocycles. The molecule has 3 aromatic rings. The fourth-order valence-electron chi connectivity index (χ4n) is 2.54. The zero-order valence-electron chi connectivity index (χ0n) is 15.5. The monoisotopic (exact) mass is 433 g/mol.